The first kappa shape index (κ1) is 40.6. The first-order valence-corrected chi connectivity index (χ1v) is 24.7. The molecule has 0 amide bonds. The summed E-state index contributed by atoms with van der Waals surface area (Å²) in [6, 6.07) is 86.0. The third-order valence-corrected chi connectivity index (χ3v) is 15.9. The second-order valence-corrected chi connectivity index (χ2v) is 20.5. The molecule has 12 aromatic rings. The molecule has 0 N–H and O–H groups in total. The lowest BCUT2D eigenvalue weighted by Gasteiger charge is -2.31. The van der Waals surface area contributed by atoms with Crippen molar-refractivity contribution >= 4 is 88.0 Å². The average molecular weight is 895 g/mol. The molecule has 0 heterocycles. The Morgan fingerprint density at radius 1 is 0.257 bits per heavy atom. The monoisotopic (exact) mass is 894 g/mol. The zero-order chi connectivity index (χ0) is 46.9. The number of anilines is 6. The summed E-state index contributed by atoms with van der Waals surface area (Å²) >= 11 is 0. The Balaban J connectivity index is 0.948. The van der Waals surface area contributed by atoms with Gasteiger partial charge in [-0.1, -0.05) is 191 Å². The van der Waals surface area contributed by atoms with Gasteiger partial charge in [-0.05, 0) is 149 Å². The molecule has 0 aliphatic heterocycles. The molecular weight excluding hydrogens is 845 g/mol. The fourth-order valence-corrected chi connectivity index (χ4v) is 12.5. The van der Waals surface area contributed by atoms with Crippen molar-refractivity contribution in [3.63, 3.8) is 0 Å². The van der Waals surface area contributed by atoms with E-state index in [1.54, 1.807) is 0 Å². The van der Waals surface area contributed by atoms with Gasteiger partial charge in [0.25, 0.3) is 0 Å². The lowest BCUT2D eigenvalue weighted by Crippen LogP contribution is -2.18. The van der Waals surface area contributed by atoms with Crippen LogP contribution in [0.1, 0.15) is 49.9 Å². The molecule has 0 spiro atoms. The van der Waals surface area contributed by atoms with Gasteiger partial charge in [0, 0.05) is 44.1 Å². The van der Waals surface area contributed by atoms with Crippen molar-refractivity contribution in [1.82, 2.24) is 0 Å². The van der Waals surface area contributed by atoms with Crippen molar-refractivity contribution in [2.24, 2.45) is 0 Å². The molecule has 2 nitrogen and oxygen atoms in total. The van der Waals surface area contributed by atoms with Gasteiger partial charge in [0.1, 0.15) is 0 Å². The van der Waals surface area contributed by atoms with Crippen LogP contribution in [0.3, 0.4) is 0 Å². The van der Waals surface area contributed by atoms with Crippen LogP contribution in [-0.4, -0.2) is 0 Å². The van der Waals surface area contributed by atoms with Crippen LogP contribution in [0, 0.1) is 0 Å². The number of fused-ring (bicyclic) bond motifs is 14. The molecule has 2 heteroatoms. The Labute approximate surface area is 409 Å². The Kier molecular flexibility index (Phi) is 8.71. The number of nitrogens with zero attached hydrogens (tertiary/aromatic N) is 2. The summed E-state index contributed by atoms with van der Waals surface area (Å²) in [5, 5.41) is 12.5. The molecule has 2 aliphatic rings. The lowest BCUT2D eigenvalue weighted by atomic mass is 9.79. The molecule has 12 aromatic carbocycles. The smallest absolute Gasteiger partial charge is 0.0546 e. The second kappa shape index (κ2) is 15.0. The summed E-state index contributed by atoms with van der Waals surface area (Å²) in [4.78, 5) is 4.99. The SMILES string of the molecule is CC1(C)c2cc(N(c3ccccc3)c3cc4ccccc4c4ccccc34)ccc2-c2cc3c(cc21)-c1c(cc(N(c2ccccc2)c2cc4ccccc4c4ccccc24)c2ccccc12)C3(C)C. The number of benzene rings is 12. The van der Waals surface area contributed by atoms with E-state index in [4.69, 9.17) is 0 Å². The predicted octanol–water partition coefficient (Wildman–Crippen LogP) is 19.0. The highest BCUT2D eigenvalue weighted by Gasteiger charge is 2.43. The molecule has 0 saturated heterocycles. The highest BCUT2D eigenvalue weighted by atomic mass is 15.2. The second-order valence-electron chi connectivity index (χ2n) is 20.5. The maximum absolute atomic E-state index is 2.57. The van der Waals surface area contributed by atoms with E-state index < -0.39 is 0 Å². The summed E-state index contributed by atoms with van der Waals surface area (Å²) in [5.41, 5.74) is 17.3. The van der Waals surface area contributed by atoms with E-state index in [2.05, 4.69) is 268 Å². The third kappa shape index (κ3) is 5.80. The summed E-state index contributed by atoms with van der Waals surface area (Å²) in [5.74, 6) is 0. The van der Waals surface area contributed by atoms with Crippen molar-refractivity contribution in [3.8, 4) is 22.3 Å². The number of hydrogen-bond donors (Lipinski definition) is 0. The number of rotatable bonds is 6. The Hall–Kier alpha value is -8.46. The third-order valence-electron chi connectivity index (χ3n) is 15.9. The van der Waals surface area contributed by atoms with E-state index in [0.717, 1.165) is 17.1 Å². The summed E-state index contributed by atoms with van der Waals surface area (Å²) < 4.78 is 0. The van der Waals surface area contributed by atoms with E-state index in [1.165, 1.54) is 115 Å². The molecule has 0 fully saturated rings. The van der Waals surface area contributed by atoms with E-state index in [0.29, 0.717) is 0 Å². The van der Waals surface area contributed by atoms with Crippen LogP contribution in [0.25, 0.3) is 76.1 Å². The predicted molar refractivity (Wildman–Crippen MR) is 298 cm³/mol. The topological polar surface area (TPSA) is 6.48 Å². The van der Waals surface area contributed by atoms with E-state index in [9.17, 15) is 0 Å². The van der Waals surface area contributed by atoms with Gasteiger partial charge in [-0.25, -0.2) is 0 Å². The quantitative estimate of drug-likeness (QED) is 0.153. The maximum atomic E-state index is 2.57. The van der Waals surface area contributed by atoms with Crippen LogP contribution >= 0.6 is 0 Å². The first-order chi connectivity index (χ1) is 34.3. The van der Waals surface area contributed by atoms with Crippen LogP contribution in [0.2, 0.25) is 0 Å². The summed E-state index contributed by atoms with van der Waals surface area (Å²) in [7, 11) is 0. The van der Waals surface area contributed by atoms with Crippen LogP contribution in [-0.2, 0) is 10.8 Å². The zero-order valence-electron chi connectivity index (χ0n) is 39.8. The molecule has 332 valence electrons. The fourth-order valence-electron chi connectivity index (χ4n) is 12.5. The minimum absolute atomic E-state index is 0.257. The Morgan fingerprint density at radius 3 is 1.24 bits per heavy atom. The zero-order valence-corrected chi connectivity index (χ0v) is 39.8. The average Bonchev–Trinajstić information content (AvgIpc) is 3.77. The molecule has 0 bridgehead atoms. The molecular formula is C68H50N2. The van der Waals surface area contributed by atoms with Crippen molar-refractivity contribution in [3.05, 3.63) is 253 Å². The van der Waals surface area contributed by atoms with Crippen LogP contribution < -0.4 is 9.80 Å². The number of para-hydroxylation sites is 2. The molecule has 2 aliphatic carbocycles. The van der Waals surface area contributed by atoms with Gasteiger partial charge < -0.3 is 9.80 Å². The van der Waals surface area contributed by atoms with Gasteiger partial charge in [-0.2, -0.15) is 0 Å². The summed E-state index contributed by atoms with van der Waals surface area (Å²) in [6.07, 6.45) is 0. The Morgan fingerprint density at radius 2 is 0.657 bits per heavy atom. The van der Waals surface area contributed by atoms with Crippen molar-refractivity contribution < 1.29 is 0 Å². The summed E-state index contributed by atoms with van der Waals surface area (Å²) in [6.45, 7) is 9.74. The van der Waals surface area contributed by atoms with Gasteiger partial charge in [0.05, 0.1) is 17.1 Å². The van der Waals surface area contributed by atoms with Crippen LogP contribution in [0.5, 0.6) is 0 Å². The highest BCUT2D eigenvalue weighted by molar-refractivity contribution is 6.18. The molecule has 14 rings (SSSR count). The lowest BCUT2D eigenvalue weighted by molar-refractivity contribution is 0.652. The van der Waals surface area contributed by atoms with Crippen LogP contribution in [0.4, 0.5) is 34.1 Å². The van der Waals surface area contributed by atoms with Crippen molar-refractivity contribution in [1.29, 1.82) is 0 Å². The van der Waals surface area contributed by atoms with E-state index in [1.807, 2.05) is 0 Å². The standard InChI is InChI=1S/C68H50N2/c1-67(2)59-39-47(69(45-23-7-5-8-24-45)63-37-43-21-11-13-27-48(43)50-29-15-17-31-53(50)63)35-36-52(59)57-40-61-58(41-60(57)67)66-56-34-20-19-33-55(56)65(42-62(66)68(61,3)4)70(46-25-9-6-10-26-46)64-38-44-22-12-14-28-49(44)51-30-16-18-32-54(51)64/h5-42H,1-4H3. The Bertz CT molecular complexity index is 4130. The minimum atomic E-state index is -0.277. The normalized spacial score (nSPS) is 13.9. The highest BCUT2D eigenvalue weighted by Crippen LogP contribution is 2.60. The first-order valence-electron chi connectivity index (χ1n) is 24.7. The largest absolute Gasteiger partial charge is 0.310 e. The van der Waals surface area contributed by atoms with Gasteiger partial charge in [0.15, 0.2) is 0 Å². The molecule has 0 unspecified atom stereocenters. The van der Waals surface area contributed by atoms with Gasteiger partial charge in [0.2, 0.25) is 0 Å². The number of hydrogen-bond acceptors (Lipinski definition) is 2. The van der Waals surface area contributed by atoms with E-state index in [-0.39, 0.29) is 10.8 Å². The van der Waals surface area contributed by atoms with E-state index >= 15 is 0 Å². The molecule has 0 saturated carbocycles. The fraction of sp³-hybridized carbons (Fsp3) is 0.0882. The minimum Gasteiger partial charge on any atom is -0.310 e. The van der Waals surface area contributed by atoms with Gasteiger partial charge >= 0.3 is 0 Å². The molecule has 70 heavy (non-hydrogen) atoms. The van der Waals surface area contributed by atoms with Gasteiger partial charge in [-0.3, -0.25) is 0 Å². The molecule has 0 aromatic heterocycles. The maximum Gasteiger partial charge on any atom is 0.0546 e. The van der Waals surface area contributed by atoms with Crippen LogP contribution in [0.15, 0.2) is 231 Å². The van der Waals surface area contributed by atoms with Crippen molar-refractivity contribution in [2.75, 3.05) is 9.80 Å². The van der Waals surface area contributed by atoms with Gasteiger partial charge in [-0.15, -0.1) is 0 Å². The van der Waals surface area contributed by atoms with Crippen molar-refractivity contribution in [2.45, 2.75) is 38.5 Å². The molecule has 0 atom stereocenters. The molecule has 0 radical (unpaired) electrons.